The topological polar surface area (TPSA) is 43.4 Å². The molecule has 0 bridgehead atoms. The summed E-state index contributed by atoms with van der Waals surface area (Å²) in [6, 6.07) is 0. The van der Waals surface area contributed by atoms with Gasteiger partial charge in [0.05, 0.1) is 6.61 Å². The van der Waals surface area contributed by atoms with Crippen molar-refractivity contribution in [1.29, 1.82) is 0 Å². The van der Waals surface area contributed by atoms with Crippen LogP contribution in [0.1, 0.15) is 39.0 Å². The SMILES string of the molecule is CC(=O)OCCC1CCC(=O)CC1. The van der Waals surface area contributed by atoms with Crippen molar-refractivity contribution in [1.82, 2.24) is 0 Å². The minimum atomic E-state index is -0.216. The van der Waals surface area contributed by atoms with E-state index in [1.54, 1.807) is 0 Å². The van der Waals surface area contributed by atoms with E-state index in [0.29, 0.717) is 31.1 Å². The molecule has 0 spiro atoms. The Morgan fingerprint density at radius 3 is 2.62 bits per heavy atom. The number of esters is 1. The Morgan fingerprint density at radius 1 is 1.46 bits per heavy atom. The average molecular weight is 184 g/mol. The van der Waals surface area contributed by atoms with E-state index < -0.39 is 0 Å². The lowest BCUT2D eigenvalue weighted by Crippen LogP contribution is -2.16. The molecule has 0 unspecified atom stereocenters. The molecule has 0 N–H and O–H groups in total. The van der Waals surface area contributed by atoms with Gasteiger partial charge in [0.2, 0.25) is 0 Å². The van der Waals surface area contributed by atoms with E-state index in [1.807, 2.05) is 0 Å². The van der Waals surface area contributed by atoms with Crippen LogP contribution in [0, 0.1) is 5.92 Å². The third-order valence-electron chi connectivity index (χ3n) is 2.49. The van der Waals surface area contributed by atoms with Crippen LogP contribution in [0.15, 0.2) is 0 Å². The fourth-order valence-corrected chi connectivity index (χ4v) is 1.66. The van der Waals surface area contributed by atoms with E-state index in [9.17, 15) is 9.59 Å². The molecule has 74 valence electrons. The van der Waals surface area contributed by atoms with E-state index in [1.165, 1.54) is 6.92 Å². The second-order valence-corrected chi connectivity index (χ2v) is 3.61. The Balaban J connectivity index is 2.09. The summed E-state index contributed by atoms with van der Waals surface area (Å²) < 4.78 is 4.85. The molecular formula is C10H16O3. The first kappa shape index (κ1) is 10.2. The standard InChI is InChI=1S/C10H16O3/c1-8(11)13-7-6-9-2-4-10(12)5-3-9/h9H,2-7H2,1H3. The molecule has 0 aromatic carbocycles. The smallest absolute Gasteiger partial charge is 0.302 e. The molecule has 1 aliphatic carbocycles. The molecule has 0 heterocycles. The summed E-state index contributed by atoms with van der Waals surface area (Å²) in [6.07, 6.45) is 4.28. The van der Waals surface area contributed by atoms with Crippen molar-refractivity contribution in [2.75, 3.05) is 6.61 Å². The minimum absolute atomic E-state index is 0.216. The van der Waals surface area contributed by atoms with E-state index in [4.69, 9.17) is 4.74 Å². The molecule has 13 heavy (non-hydrogen) atoms. The molecule has 0 amide bonds. The fourth-order valence-electron chi connectivity index (χ4n) is 1.66. The van der Waals surface area contributed by atoms with Gasteiger partial charge in [0.25, 0.3) is 0 Å². The predicted molar refractivity (Wildman–Crippen MR) is 48.2 cm³/mol. The number of carbonyl (C=O) groups excluding carboxylic acids is 2. The van der Waals surface area contributed by atoms with Gasteiger partial charge in [0, 0.05) is 19.8 Å². The molecule has 0 saturated heterocycles. The van der Waals surface area contributed by atoms with Gasteiger partial charge in [0.15, 0.2) is 0 Å². The van der Waals surface area contributed by atoms with Crippen molar-refractivity contribution in [3.63, 3.8) is 0 Å². The van der Waals surface area contributed by atoms with Crippen molar-refractivity contribution < 1.29 is 14.3 Å². The van der Waals surface area contributed by atoms with Gasteiger partial charge in [-0.05, 0) is 25.2 Å². The summed E-state index contributed by atoms with van der Waals surface area (Å²) >= 11 is 0. The predicted octanol–water partition coefficient (Wildman–Crippen LogP) is 1.70. The molecule has 0 aromatic rings. The zero-order valence-corrected chi connectivity index (χ0v) is 8.04. The average Bonchev–Trinajstić information content (AvgIpc) is 2.08. The quantitative estimate of drug-likeness (QED) is 0.627. The number of hydrogen-bond donors (Lipinski definition) is 0. The highest BCUT2D eigenvalue weighted by Gasteiger charge is 2.18. The van der Waals surface area contributed by atoms with Gasteiger partial charge < -0.3 is 4.74 Å². The van der Waals surface area contributed by atoms with E-state index in [2.05, 4.69) is 0 Å². The van der Waals surface area contributed by atoms with Crippen LogP contribution in [0.5, 0.6) is 0 Å². The first-order valence-electron chi connectivity index (χ1n) is 4.83. The van der Waals surface area contributed by atoms with E-state index >= 15 is 0 Å². The van der Waals surface area contributed by atoms with Gasteiger partial charge in [-0.1, -0.05) is 0 Å². The second kappa shape index (κ2) is 5.00. The molecule has 1 rings (SSSR count). The number of ether oxygens (including phenoxy) is 1. The molecule has 1 fully saturated rings. The fraction of sp³-hybridized carbons (Fsp3) is 0.800. The summed E-state index contributed by atoms with van der Waals surface area (Å²) in [5.74, 6) is 0.743. The molecule has 0 aliphatic heterocycles. The van der Waals surface area contributed by atoms with Gasteiger partial charge in [-0.3, -0.25) is 9.59 Å². The zero-order chi connectivity index (χ0) is 9.68. The largest absolute Gasteiger partial charge is 0.466 e. The lowest BCUT2D eigenvalue weighted by atomic mass is 9.86. The summed E-state index contributed by atoms with van der Waals surface area (Å²) in [4.78, 5) is 21.4. The van der Waals surface area contributed by atoms with Crippen molar-refractivity contribution in [2.45, 2.75) is 39.0 Å². The Hall–Kier alpha value is -0.860. The number of Topliss-reactive ketones (excluding diaryl/α,β-unsaturated/α-hetero) is 1. The first-order valence-corrected chi connectivity index (χ1v) is 4.83. The normalized spacial score (nSPS) is 18.7. The minimum Gasteiger partial charge on any atom is -0.466 e. The summed E-state index contributed by atoms with van der Waals surface area (Å²) in [7, 11) is 0. The maximum atomic E-state index is 10.9. The van der Waals surface area contributed by atoms with E-state index in [-0.39, 0.29) is 5.97 Å². The summed E-state index contributed by atoms with van der Waals surface area (Å²) in [5, 5.41) is 0. The first-order chi connectivity index (χ1) is 6.18. The van der Waals surface area contributed by atoms with Gasteiger partial charge in [-0.2, -0.15) is 0 Å². The molecule has 1 aliphatic rings. The van der Waals surface area contributed by atoms with E-state index in [0.717, 1.165) is 19.3 Å². The molecule has 0 aromatic heterocycles. The van der Waals surface area contributed by atoms with Crippen LogP contribution < -0.4 is 0 Å². The Labute approximate surface area is 78.5 Å². The van der Waals surface area contributed by atoms with Crippen LogP contribution in [0.25, 0.3) is 0 Å². The van der Waals surface area contributed by atoms with Crippen molar-refractivity contribution >= 4 is 11.8 Å². The second-order valence-electron chi connectivity index (χ2n) is 3.61. The van der Waals surface area contributed by atoms with Crippen LogP contribution in [0.2, 0.25) is 0 Å². The van der Waals surface area contributed by atoms with Crippen LogP contribution in [0.3, 0.4) is 0 Å². The number of carbonyl (C=O) groups is 2. The van der Waals surface area contributed by atoms with Crippen LogP contribution in [-0.2, 0) is 14.3 Å². The Bertz CT molecular complexity index is 188. The van der Waals surface area contributed by atoms with Crippen molar-refractivity contribution in [2.24, 2.45) is 5.92 Å². The molecule has 0 atom stereocenters. The Kier molecular flexibility index (Phi) is 3.93. The molecule has 1 saturated carbocycles. The van der Waals surface area contributed by atoms with Gasteiger partial charge >= 0.3 is 5.97 Å². The Morgan fingerprint density at radius 2 is 2.08 bits per heavy atom. The highest BCUT2D eigenvalue weighted by Crippen LogP contribution is 2.24. The van der Waals surface area contributed by atoms with Crippen LogP contribution >= 0.6 is 0 Å². The maximum Gasteiger partial charge on any atom is 0.302 e. The van der Waals surface area contributed by atoms with Crippen molar-refractivity contribution in [3.05, 3.63) is 0 Å². The van der Waals surface area contributed by atoms with Crippen molar-refractivity contribution in [3.8, 4) is 0 Å². The third-order valence-corrected chi connectivity index (χ3v) is 2.49. The zero-order valence-electron chi connectivity index (χ0n) is 8.04. The number of ketones is 1. The molecule has 0 radical (unpaired) electrons. The van der Waals surface area contributed by atoms with Gasteiger partial charge in [0.1, 0.15) is 5.78 Å². The summed E-state index contributed by atoms with van der Waals surface area (Å²) in [5.41, 5.74) is 0. The maximum absolute atomic E-state index is 10.9. The van der Waals surface area contributed by atoms with Crippen LogP contribution in [0.4, 0.5) is 0 Å². The number of rotatable bonds is 3. The van der Waals surface area contributed by atoms with Gasteiger partial charge in [-0.15, -0.1) is 0 Å². The molecule has 3 nitrogen and oxygen atoms in total. The molecular weight excluding hydrogens is 168 g/mol. The number of hydrogen-bond acceptors (Lipinski definition) is 3. The van der Waals surface area contributed by atoms with Gasteiger partial charge in [-0.25, -0.2) is 0 Å². The lowest BCUT2D eigenvalue weighted by molar-refractivity contribution is -0.141. The third kappa shape index (κ3) is 4.06. The molecule has 3 heteroatoms. The highest BCUT2D eigenvalue weighted by atomic mass is 16.5. The lowest BCUT2D eigenvalue weighted by Gasteiger charge is -2.20. The van der Waals surface area contributed by atoms with Crippen LogP contribution in [-0.4, -0.2) is 18.4 Å². The highest BCUT2D eigenvalue weighted by molar-refractivity contribution is 5.79. The monoisotopic (exact) mass is 184 g/mol. The summed E-state index contributed by atoms with van der Waals surface area (Å²) in [6.45, 7) is 1.93.